The third kappa shape index (κ3) is 3.30. The number of rotatable bonds is 4. The Balaban J connectivity index is 1.74. The quantitative estimate of drug-likeness (QED) is 0.491. The summed E-state index contributed by atoms with van der Waals surface area (Å²) in [7, 11) is 0. The number of hydroxylamine groups is 1. The van der Waals surface area contributed by atoms with Crippen molar-refractivity contribution < 1.29 is 14.4 Å². The van der Waals surface area contributed by atoms with Gasteiger partial charge in [-0.15, -0.1) is 5.10 Å². The molecule has 0 bridgehead atoms. The molecule has 23 heavy (non-hydrogen) atoms. The molecule has 1 aromatic carbocycles. The number of carbonyl (C=O) groups is 1. The first-order chi connectivity index (χ1) is 11.2. The second kappa shape index (κ2) is 6.20. The van der Waals surface area contributed by atoms with Gasteiger partial charge in [-0.3, -0.25) is 15.3 Å². The molecule has 0 unspecified atom stereocenters. The first-order valence-corrected chi connectivity index (χ1v) is 6.60. The van der Waals surface area contributed by atoms with Gasteiger partial charge in [-0.2, -0.15) is 0 Å². The lowest BCUT2D eigenvalue weighted by molar-refractivity contribution is 0.0705. The standard InChI is InChI=1S/C14H12N6O3/c1-8-2-4-9(5-3-8)12-18-19-14(23-12)17-13-15-6-10(7-16-13)11(21)20-22/h2-7,22H,1H3,(H,20,21)(H,15,16,17,19). The molecular weight excluding hydrogens is 300 g/mol. The van der Waals surface area contributed by atoms with Gasteiger partial charge in [0, 0.05) is 18.0 Å². The molecule has 0 aliphatic heterocycles. The molecule has 3 aromatic rings. The Morgan fingerprint density at radius 1 is 1.13 bits per heavy atom. The Morgan fingerprint density at radius 3 is 2.48 bits per heavy atom. The highest BCUT2D eigenvalue weighted by Crippen LogP contribution is 2.21. The molecule has 0 aliphatic rings. The normalized spacial score (nSPS) is 10.3. The van der Waals surface area contributed by atoms with E-state index < -0.39 is 5.91 Å². The zero-order chi connectivity index (χ0) is 16.2. The Morgan fingerprint density at radius 2 is 1.83 bits per heavy atom. The number of nitrogens with one attached hydrogen (secondary N) is 2. The van der Waals surface area contributed by atoms with E-state index >= 15 is 0 Å². The molecule has 0 atom stereocenters. The minimum atomic E-state index is -0.698. The zero-order valence-electron chi connectivity index (χ0n) is 12.0. The third-order valence-electron chi connectivity index (χ3n) is 2.96. The molecule has 9 heteroatoms. The van der Waals surface area contributed by atoms with E-state index in [0.29, 0.717) is 5.89 Å². The van der Waals surface area contributed by atoms with Gasteiger partial charge in [-0.1, -0.05) is 22.8 Å². The highest BCUT2D eigenvalue weighted by Gasteiger charge is 2.10. The Labute approximate surface area is 130 Å². The van der Waals surface area contributed by atoms with Gasteiger partial charge in [-0.25, -0.2) is 15.4 Å². The second-order valence-corrected chi connectivity index (χ2v) is 4.64. The molecule has 0 fully saturated rings. The lowest BCUT2D eigenvalue weighted by Gasteiger charge is -2.00. The maximum absolute atomic E-state index is 11.2. The summed E-state index contributed by atoms with van der Waals surface area (Å²) < 4.78 is 5.48. The number of hydrogen-bond acceptors (Lipinski definition) is 8. The van der Waals surface area contributed by atoms with Crippen LogP contribution in [0.25, 0.3) is 11.5 Å². The number of carbonyl (C=O) groups excluding carboxylic acids is 1. The lowest BCUT2D eigenvalue weighted by Crippen LogP contribution is -2.19. The van der Waals surface area contributed by atoms with Gasteiger partial charge in [0.1, 0.15) is 0 Å². The van der Waals surface area contributed by atoms with Crippen LogP contribution in [0.15, 0.2) is 41.1 Å². The number of aryl methyl sites for hydroxylation is 1. The SMILES string of the molecule is Cc1ccc(-c2nnc(Nc3ncc(C(=O)NO)cn3)o2)cc1. The van der Waals surface area contributed by atoms with Crippen LogP contribution in [0.5, 0.6) is 0 Å². The lowest BCUT2D eigenvalue weighted by atomic mass is 10.1. The predicted octanol–water partition coefficient (Wildman–Crippen LogP) is 1.70. The Kier molecular flexibility index (Phi) is 3.93. The van der Waals surface area contributed by atoms with Crippen molar-refractivity contribution in [1.82, 2.24) is 25.6 Å². The summed E-state index contributed by atoms with van der Waals surface area (Å²) in [6, 6.07) is 7.78. The smallest absolute Gasteiger partial charge is 0.322 e. The summed E-state index contributed by atoms with van der Waals surface area (Å²) >= 11 is 0. The molecule has 1 amide bonds. The van der Waals surface area contributed by atoms with Crippen molar-refractivity contribution in [3.8, 4) is 11.5 Å². The van der Waals surface area contributed by atoms with Crippen LogP contribution in [-0.2, 0) is 0 Å². The fraction of sp³-hybridized carbons (Fsp3) is 0.0714. The number of anilines is 2. The van der Waals surface area contributed by atoms with Gasteiger partial charge in [-0.05, 0) is 19.1 Å². The predicted molar refractivity (Wildman–Crippen MR) is 79.0 cm³/mol. The van der Waals surface area contributed by atoms with Crippen molar-refractivity contribution in [3.63, 3.8) is 0 Å². The van der Waals surface area contributed by atoms with E-state index in [-0.39, 0.29) is 17.5 Å². The highest BCUT2D eigenvalue weighted by molar-refractivity contribution is 5.92. The molecule has 2 aromatic heterocycles. The van der Waals surface area contributed by atoms with Crippen LogP contribution in [0.2, 0.25) is 0 Å². The molecule has 0 aliphatic carbocycles. The van der Waals surface area contributed by atoms with Gasteiger partial charge < -0.3 is 4.42 Å². The average molecular weight is 312 g/mol. The molecule has 9 nitrogen and oxygen atoms in total. The summed E-state index contributed by atoms with van der Waals surface area (Å²) in [6.07, 6.45) is 2.50. The average Bonchev–Trinajstić information content (AvgIpc) is 3.04. The number of amides is 1. The van der Waals surface area contributed by atoms with E-state index in [4.69, 9.17) is 9.62 Å². The first kappa shape index (κ1) is 14.6. The third-order valence-corrected chi connectivity index (χ3v) is 2.96. The van der Waals surface area contributed by atoms with Gasteiger partial charge in [0.25, 0.3) is 5.91 Å². The Bertz CT molecular complexity index is 813. The summed E-state index contributed by atoms with van der Waals surface area (Å²) in [5, 5.41) is 19.0. The van der Waals surface area contributed by atoms with Crippen LogP contribution in [0.1, 0.15) is 15.9 Å². The monoisotopic (exact) mass is 312 g/mol. The summed E-state index contributed by atoms with van der Waals surface area (Å²) in [4.78, 5) is 19.0. The molecule has 0 spiro atoms. The van der Waals surface area contributed by atoms with E-state index in [2.05, 4.69) is 25.5 Å². The number of benzene rings is 1. The molecule has 0 radical (unpaired) electrons. The van der Waals surface area contributed by atoms with E-state index in [1.54, 1.807) is 0 Å². The topological polar surface area (TPSA) is 126 Å². The molecule has 3 N–H and O–H groups in total. The van der Waals surface area contributed by atoms with Crippen LogP contribution >= 0.6 is 0 Å². The van der Waals surface area contributed by atoms with Gasteiger partial charge in [0.2, 0.25) is 11.8 Å². The molecular formula is C14H12N6O3. The minimum absolute atomic E-state index is 0.115. The molecule has 116 valence electrons. The number of aromatic nitrogens is 4. The van der Waals surface area contributed by atoms with Crippen molar-refractivity contribution in [2.75, 3.05) is 5.32 Å². The van der Waals surface area contributed by atoms with Crippen LogP contribution < -0.4 is 10.8 Å². The summed E-state index contributed by atoms with van der Waals surface area (Å²) in [5.41, 5.74) is 3.54. The minimum Gasteiger partial charge on any atom is -0.403 e. The zero-order valence-corrected chi connectivity index (χ0v) is 12.0. The molecule has 0 saturated heterocycles. The van der Waals surface area contributed by atoms with E-state index in [0.717, 1.165) is 11.1 Å². The second-order valence-electron chi connectivity index (χ2n) is 4.64. The van der Waals surface area contributed by atoms with Crippen molar-refractivity contribution in [3.05, 3.63) is 47.8 Å². The van der Waals surface area contributed by atoms with Gasteiger partial charge in [0.15, 0.2) is 0 Å². The number of nitrogens with zero attached hydrogens (tertiary/aromatic N) is 4. The van der Waals surface area contributed by atoms with E-state index in [1.807, 2.05) is 31.2 Å². The van der Waals surface area contributed by atoms with Crippen LogP contribution in [0.3, 0.4) is 0 Å². The highest BCUT2D eigenvalue weighted by atomic mass is 16.5. The van der Waals surface area contributed by atoms with Crippen LogP contribution in [0.4, 0.5) is 12.0 Å². The summed E-state index contributed by atoms with van der Waals surface area (Å²) in [6.45, 7) is 1.99. The largest absolute Gasteiger partial charge is 0.403 e. The first-order valence-electron chi connectivity index (χ1n) is 6.60. The number of hydrogen-bond donors (Lipinski definition) is 3. The molecule has 2 heterocycles. The van der Waals surface area contributed by atoms with E-state index in [1.165, 1.54) is 17.9 Å². The van der Waals surface area contributed by atoms with Gasteiger partial charge >= 0.3 is 6.01 Å². The maximum Gasteiger partial charge on any atom is 0.322 e. The van der Waals surface area contributed by atoms with Crippen molar-refractivity contribution in [1.29, 1.82) is 0 Å². The fourth-order valence-corrected chi connectivity index (χ4v) is 1.76. The van der Waals surface area contributed by atoms with Crippen LogP contribution in [-0.4, -0.2) is 31.3 Å². The summed E-state index contributed by atoms with van der Waals surface area (Å²) in [5.74, 6) is -0.154. The Hall–Kier alpha value is -3.33. The van der Waals surface area contributed by atoms with Crippen molar-refractivity contribution in [2.45, 2.75) is 6.92 Å². The molecule has 0 saturated carbocycles. The fourth-order valence-electron chi connectivity index (χ4n) is 1.76. The van der Waals surface area contributed by atoms with E-state index in [9.17, 15) is 4.79 Å². The van der Waals surface area contributed by atoms with Crippen molar-refractivity contribution in [2.24, 2.45) is 0 Å². The maximum atomic E-state index is 11.2. The van der Waals surface area contributed by atoms with Gasteiger partial charge in [0.05, 0.1) is 5.56 Å². The van der Waals surface area contributed by atoms with Crippen LogP contribution in [0, 0.1) is 6.92 Å². The molecule has 3 rings (SSSR count). The van der Waals surface area contributed by atoms with Crippen molar-refractivity contribution >= 4 is 17.9 Å².